The fourth-order valence-corrected chi connectivity index (χ4v) is 8.52. The molecule has 6 rings (SSSR count). The summed E-state index contributed by atoms with van der Waals surface area (Å²) in [5.74, 6) is -2.53. The Morgan fingerprint density at radius 2 is 1.87 bits per heavy atom. The highest BCUT2D eigenvalue weighted by Crippen LogP contribution is 2.53. The predicted molar refractivity (Wildman–Crippen MR) is 199 cm³/mol. The fourth-order valence-electron chi connectivity index (χ4n) is 6.99. The van der Waals surface area contributed by atoms with Gasteiger partial charge in [-0.15, -0.1) is 6.58 Å². The Labute approximate surface area is 312 Å². The molecule has 1 aliphatic heterocycles. The van der Waals surface area contributed by atoms with E-state index in [1.807, 2.05) is 20.8 Å². The number of sulfonamides is 1. The molecule has 0 unspecified atom stereocenters. The summed E-state index contributed by atoms with van der Waals surface area (Å²) < 4.78 is 40.1. The van der Waals surface area contributed by atoms with Gasteiger partial charge >= 0.3 is 0 Å². The van der Waals surface area contributed by atoms with Crippen molar-refractivity contribution in [1.29, 1.82) is 0 Å². The first-order chi connectivity index (χ1) is 25.0. The molecule has 2 aliphatic carbocycles. The van der Waals surface area contributed by atoms with E-state index in [2.05, 4.69) is 26.9 Å². The average Bonchev–Trinajstić information content (AvgIpc) is 4.03. The maximum atomic E-state index is 14.3. The number of anilines is 1. The van der Waals surface area contributed by atoms with E-state index in [9.17, 15) is 27.6 Å². The van der Waals surface area contributed by atoms with E-state index in [4.69, 9.17) is 26.8 Å². The third-order valence-corrected chi connectivity index (χ3v) is 12.1. The number of nitrogens with zero attached hydrogens (tertiary/aromatic N) is 2. The molecule has 14 nitrogen and oxygen atoms in total. The number of imide groups is 1. The number of nitrogens with two attached hydrogens (primary N) is 1. The number of rotatable bonds is 13. The summed E-state index contributed by atoms with van der Waals surface area (Å²) in [6, 6.07) is 9.46. The lowest BCUT2D eigenvalue weighted by Crippen LogP contribution is -2.59. The van der Waals surface area contributed by atoms with E-state index in [1.54, 1.807) is 47.4 Å². The monoisotopic (exact) mass is 766 g/mol. The highest BCUT2D eigenvalue weighted by Gasteiger charge is 2.67. The molecule has 1 saturated heterocycles. The molecule has 282 valence electrons. The number of fused-ring (bicyclic) bond motifs is 1. The van der Waals surface area contributed by atoms with Crippen molar-refractivity contribution in [2.24, 2.45) is 17.1 Å². The molecular weight excluding hydrogens is 724 g/mol. The van der Waals surface area contributed by atoms with Crippen LogP contribution in [-0.4, -0.2) is 84.6 Å². The maximum Gasteiger partial charge on any atom is 0.254 e. The molecule has 1 aromatic heterocycles. The number of primary amides is 1. The Balaban J connectivity index is 1.31. The van der Waals surface area contributed by atoms with Crippen LogP contribution >= 0.6 is 11.6 Å². The lowest BCUT2D eigenvalue weighted by atomic mass is 9.85. The van der Waals surface area contributed by atoms with Crippen LogP contribution in [0.3, 0.4) is 0 Å². The number of amides is 4. The van der Waals surface area contributed by atoms with Gasteiger partial charge in [0.2, 0.25) is 33.6 Å². The molecule has 16 heteroatoms. The smallest absolute Gasteiger partial charge is 0.254 e. The molecule has 0 bridgehead atoms. The molecule has 3 aromatic rings. The van der Waals surface area contributed by atoms with Gasteiger partial charge in [0.15, 0.2) is 0 Å². The minimum atomic E-state index is -3.93. The summed E-state index contributed by atoms with van der Waals surface area (Å²) >= 11 is 6.34. The average molecular weight is 767 g/mol. The van der Waals surface area contributed by atoms with Crippen LogP contribution in [0.4, 0.5) is 5.69 Å². The van der Waals surface area contributed by atoms with Crippen LogP contribution in [-0.2, 0) is 24.4 Å². The topological polar surface area (TPSA) is 199 Å². The molecule has 0 radical (unpaired) electrons. The standard InChI is InChI=1S/C37H43ClN6O8S/c1-6-21-17-37(21,35(48)43-53(49,50)25-11-12-25)44-19-24(52-34-27-15-22(38)10-13-26(27)29(51-5)18-40-34)16-28(44)32(46)42-33(47)30(36(2,3)4)41-23-9-7-8-20(14-23)31(39)45/h6-10,13-15,18,21,24-25,28,30,41H,1,11-12,16-17,19H2,2-5H3,(H2,39,45)(H,43,48)(H,42,46,47)/t21-,24-,28+,30-,37-/m1/s1. The zero-order valence-corrected chi connectivity index (χ0v) is 31.4. The molecule has 2 aromatic carbocycles. The van der Waals surface area contributed by atoms with Crippen molar-refractivity contribution in [1.82, 2.24) is 19.9 Å². The van der Waals surface area contributed by atoms with Crippen LogP contribution in [0, 0.1) is 11.3 Å². The number of carbonyl (C=O) groups excluding carboxylic acids is 4. The first-order valence-corrected chi connectivity index (χ1v) is 19.2. The van der Waals surface area contributed by atoms with E-state index in [0.717, 1.165) is 0 Å². The quantitative estimate of drug-likeness (QED) is 0.186. The second-order valence-electron chi connectivity index (χ2n) is 14.9. The summed E-state index contributed by atoms with van der Waals surface area (Å²) in [4.78, 5) is 60.1. The Morgan fingerprint density at radius 1 is 1.13 bits per heavy atom. The van der Waals surface area contributed by atoms with Gasteiger partial charge in [0, 0.05) is 45.9 Å². The van der Waals surface area contributed by atoms with E-state index < -0.39 is 74.0 Å². The fraction of sp³-hybridized carbons (Fsp3) is 0.432. The summed E-state index contributed by atoms with van der Waals surface area (Å²) in [5, 5.41) is 6.71. The van der Waals surface area contributed by atoms with Gasteiger partial charge in [-0.1, -0.05) is 44.5 Å². The first-order valence-electron chi connectivity index (χ1n) is 17.2. The van der Waals surface area contributed by atoms with E-state index >= 15 is 0 Å². The normalized spacial score (nSPS) is 23.5. The largest absolute Gasteiger partial charge is 0.494 e. The first kappa shape index (κ1) is 38.0. The summed E-state index contributed by atoms with van der Waals surface area (Å²) in [5.41, 5.74) is 3.97. The number of aromatic nitrogens is 1. The van der Waals surface area contributed by atoms with Crippen LogP contribution in [0.15, 0.2) is 61.3 Å². The van der Waals surface area contributed by atoms with Crippen LogP contribution in [0.5, 0.6) is 11.6 Å². The Kier molecular flexibility index (Phi) is 10.2. The molecule has 5 atom stereocenters. The van der Waals surface area contributed by atoms with Gasteiger partial charge in [-0.3, -0.25) is 34.1 Å². The number of likely N-dealkylation sites (tertiary alicyclic amines) is 1. The van der Waals surface area contributed by atoms with Gasteiger partial charge in [-0.2, -0.15) is 0 Å². The van der Waals surface area contributed by atoms with Crippen molar-refractivity contribution in [3.05, 3.63) is 71.9 Å². The Morgan fingerprint density at radius 3 is 2.49 bits per heavy atom. The molecule has 2 heterocycles. The lowest BCUT2D eigenvalue weighted by molar-refractivity contribution is -0.136. The van der Waals surface area contributed by atoms with Gasteiger partial charge in [0.25, 0.3) is 5.91 Å². The number of pyridine rings is 1. The van der Waals surface area contributed by atoms with E-state index in [-0.39, 0.29) is 30.8 Å². The summed E-state index contributed by atoms with van der Waals surface area (Å²) in [6.07, 6.45) is 3.48. The van der Waals surface area contributed by atoms with E-state index in [0.29, 0.717) is 40.1 Å². The zero-order chi connectivity index (χ0) is 38.5. The molecule has 3 fully saturated rings. The van der Waals surface area contributed by atoms with Crippen LogP contribution in [0.1, 0.15) is 56.8 Å². The zero-order valence-electron chi connectivity index (χ0n) is 29.8. The Hall–Kier alpha value is -4.73. The van der Waals surface area contributed by atoms with Gasteiger partial charge < -0.3 is 20.5 Å². The molecule has 3 aliphatic rings. The number of carbonyl (C=O) groups is 4. The number of benzene rings is 2. The molecule has 2 saturated carbocycles. The molecular formula is C37H43ClN6O8S. The van der Waals surface area contributed by atoms with Crippen LogP contribution in [0.2, 0.25) is 5.02 Å². The van der Waals surface area contributed by atoms with Crippen molar-refractivity contribution < 1.29 is 37.1 Å². The number of methoxy groups -OCH3 is 1. The van der Waals surface area contributed by atoms with Crippen LogP contribution < -0.4 is 30.6 Å². The third-order valence-electron chi connectivity index (χ3n) is 10.0. The minimum absolute atomic E-state index is 0.0180. The summed E-state index contributed by atoms with van der Waals surface area (Å²) in [6.45, 7) is 9.34. The molecule has 53 heavy (non-hydrogen) atoms. The van der Waals surface area contributed by atoms with Crippen molar-refractivity contribution >= 4 is 61.7 Å². The maximum absolute atomic E-state index is 14.3. The van der Waals surface area contributed by atoms with Crippen molar-refractivity contribution in [3.63, 3.8) is 0 Å². The molecule has 4 amide bonds. The highest BCUT2D eigenvalue weighted by atomic mass is 35.5. The molecule has 0 spiro atoms. The highest BCUT2D eigenvalue weighted by molar-refractivity contribution is 7.91. The second-order valence-corrected chi connectivity index (χ2v) is 17.3. The third kappa shape index (κ3) is 7.69. The molecule has 5 N–H and O–H groups in total. The lowest BCUT2D eigenvalue weighted by Gasteiger charge is -2.34. The predicted octanol–water partition coefficient (Wildman–Crippen LogP) is 3.54. The number of hydrogen-bond donors (Lipinski definition) is 4. The van der Waals surface area contributed by atoms with Crippen molar-refractivity contribution in [2.45, 2.75) is 75.4 Å². The SMILES string of the molecule is C=C[C@@H]1C[C@@]1(C(=O)NS(=O)(=O)C1CC1)N1C[C@H](Oc2ncc(OC)c3ccc(Cl)cc23)C[C@H]1C(=O)NC(=O)[C@@H](Nc1cccc(C(N)=O)c1)C(C)(C)C. The minimum Gasteiger partial charge on any atom is -0.494 e. The van der Waals surface area contributed by atoms with Crippen molar-refractivity contribution in [2.75, 3.05) is 19.0 Å². The van der Waals surface area contributed by atoms with Gasteiger partial charge in [-0.25, -0.2) is 13.4 Å². The summed E-state index contributed by atoms with van der Waals surface area (Å²) in [7, 11) is -2.41. The Bertz CT molecular complexity index is 2100. The number of halogens is 1. The van der Waals surface area contributed by atoms with Gasteiger partial charge in [0.05, 0.1) is 24.6 Å². The number of nitrogens with one attached hydrogen (secondary N) is 3. The van der Waals surface area contributed by atoms with Crippen LogP contribution in [0.25, 0.3) is 10.8 Å². The van der Waals surface area contributed by atoms with Gasteiger partial charge in [-0.05, 0) is 61.1 Å². The van der Waals surface area contributed by atoms with Gasteiger partial charge in [0.1, 0.15) is 23.4 Å². The number of ether oxygens (including phenoxy) is 2. The van der Waals surface area contributed by atoms with Crippen molar-refractivity contribution in [3.8, 4) is 11.6 Å². The second kappa shape index (κ2) is 14.3. The number of hydrogen-bond acceptors (Lipinski definition) is 11. The van der Waals surface area contributed by atoms with E-state index in [1.165, 1.54) is 19.4 Å².